The minimum absolute atomic E-state index is 0.0266. The molecule has 1 heterocycles. The summed E-state index contributed by atoms with van der Waals surface area (Å²) in [6.07, 6.45) is 1.04. The number of nitrogens with one attached hydrogen (secondary N) is 1. The number of rotatable bonds is 5. The standard InChI is InChI=1S/C17H22N2OS/c1-4-14-9-10-15(21-14)11-19-16(20)17(2,3)12-5-7-13(18)8-6-12/h5-10H,4,11,18H2,1-3H3,(H,19,20). The van der Waals surface area contributed by atoms with E-state index in [0.717, 1.165) is 12.0 Å². The molecular weight excluding hydrogens is 280 g/mol. The molecule has 0 aliphatic carbocycles. The molecule has 0 saturated heterocycles. The highest BCUT2D eigenvalue weighted by molar-refractivity contribution is 7.11. The average molecular weight is 302 g/mol. The zero-order chi connectivity index (χ0) is 15.5. The molecule has 2 aromatic rings. The molecule has 4 heteroatoms. The lowest BCUT2D eigenvalue weighted by Gasteiger charge is -2.24. The van der Waals surface area contributed by atoms with Crippen LogP contribution in [0.1, 0.15) is 36.1 Å². The number of carbonyl (C=O) groups excluding carboxylic acids is 1. The van der Waals surface area contributed by atoms with Gasteiger partial charge in [-0.25, -0.2) is 0 Å². The van der Waals surface area contributed by atoms with Crippen LogP contribution in [0.4, 0.5) is 5.69 Å². The average Bonchev–Trinajstić information content (AvgIpc) is 2.93. The molecule has 0 bridgehead atoms. The molecule has 1 aromatic carbocycles. The van der Waals surface area contributed by atoms with Gasteiger partial charge in [0.15, 0.2) is 0 Å². The van der Waals surface area contributed by atoms with Crippen LogP contribution >= 0.6 is 11.3 Å². The van der Waals surface area contributed by atoms with Gasteiger partial charge in [0.05, 0.1) is 12.0 Å². The third-order valence-electron chi connectivity index (χ3n) is 3.69. The SMILES string of the molecule is CCc1ccc(CNC(=O)C(C)(C)c2ccc(N)cc2)s1. The van der Waals surface area contributed by atoms with Crippen LogP contribution in [0, 0.1) is 0 Å². The number of nitrogens with two attached hydrogens (primary N) is 1. The van der Waals surface area contributed by atoms with Gasteiger partial charge in [-0.05, 0) is 50.1 Å². The van der Waals surface area contributed by atoms with E-state index >= 15 is 0 Å². The third-order valence-corrected chi connectivity index (χ3v) is 4.92. The maximum Gasteiger partial charge on any atom is 0.230 e. The van der Waals surface area contributed by atoms with Crippen molar-refractivity contribution in [3.63, 3.8) is 0 Å². The van der Waals surface area contributed by atoms with Gasteiger partial charge in [-0.3, -0.25) is 4.79 Å². The molecule has 0 atom stereocenters. The zero-order valence-electron chi connectivity index (χ0n) is 12.8. The molecule has 0 radical (unpaired) electrons. The quantitative estimate of drug-likeness (QED) is 0.831. The number of carbonyl (C=O) groups is 1. The summed E-state index contributed by atoms with van der Waals surface area (Å²) in [5, 5.41) is 3.03. The summed E-state index contributed by atoms with van der Waals surface area (Å²) >= 11 is 1.75. The second-order valence-corrected chi connectivity index (χ2v) is 6.90. The number of hydrogen-bond acceptors (Lipinski definition) is 3. The van der Waals surface area contributed by atoms with Crippen molar-refractivity contribution in [2.45, 2.75) is 39.2 Å². The van der Waals surface area contributed by atoms with Gasteiger partial charge in [-0.1, -0.05) is 19.1 Å². The van der Waals surface area contributed by atoms with Crippen molar-refractivity contribution in [2.24, 2.45) is 0 Å². The summed E-state index contributed by atoms with van der Waals surface area (Å²) in [7, 11) is 0. The maximum absolute atomic E-state index is 12.5. The van der Waals surface area contributed by atoms with E-state index in [0.29, 0.717) is 12.2 Å². The van der Waals surface area contributed by atoms with E-state index in [1.165, 1.54) is 9.75 Å². The lowest BCUT2D eigenvalue weighted by atomic mass is 9.83. The predicted octanol–water partition coefficient (Wildman–Crippen LogP) is 3.49. The minimum Gasteiger partial charge on any atom is -0.399 e. The molecule has 0 fully saturated rings. The van der Waals surface area contributed by atoms with Crippen molar-refractivity contribution in [2.75, 3.05) is 5.73 Å². The topological polar surface area (TPSA) is 55.1 Å². The lowest BCUT2D eigenvalue weighted by Crippen LogP contribution is -2.39. The molecule has 0 unspecified atom stereocenters. The largest absolute Gasteiger partial charge is 0.399 e. The second kappa shape index (κ2) is 6.31. The van der Waals surface area contributed by atoms with Crippen molar-refractivity contribution < 1.29 is 4.79 Å². The lowest BCUT2D eigenvalue weighted by molar-refractivity contribution is -0.125. The van der Waals surface area contributed by atoms with Gasteiger partial charge in [0.2, 0.25) is 5.91 Å². The van der Waals surface area contributed by atoms with Crippen molar-refractivity contribution in [3.05, 3.63) is 51.7 Å². The summed E-state index contributed by atoms with van der Waals surface area (Å²) < 4.78 is 0. The Morgan fingerprint density at radius 1 is 1.14 bits per heavy atom. The van der Waals surface area contributed by atoms with Gasteiger partial charge in [-0.15, -0.1) is 11.3 Å². The Balaban J connectivity index is 2.02. The predicted molar refractivity (Wildman–Crippen MR) is 89.4 cm³/mol. The van der Waals surface area contributed by atoms with Crippen LogP contribution in [0.2, 0.25) is 0 Å². The summed E-state index contributed by atoms with van der Waals surface area (Å²) in [5.41, 5.74) is 6.80. The highest BCUT2D eigenvalue weighted by Crippen LogP contribution is 2.25. The van der Waals surface area contributed by atoms with Crippen LogP contribution in [0.15, 0.2) is 36.4 Å². The van der Waals surface area contributed by atoms with Gasteiger partial charge in [-0.2, -0.15) is 0 Å². The van der Waals surface area contributed by atoms with E-state index < -0.39 is 5.41 Å². The molecule has 3 N–H and O–H groups in total. The van der Waals surface area contributed by atoms with Gasteiger partial charge < -0.3 is 11.1 Å². The Morgan fingerprint density at radius 2 is 1.76 bits per heavy atom. The fourth-order valence-electron chi connectivity index (χ4n) is 2.13. The molecule has 1 aromatic heterocycles. The van der Waals surface area contributed by atoms with Crippen LogP contribution in [0.5, 0.6) is 0 Å². The number of benzene rings is 1. The molecule has 0 spiro atoms. The van der Waals surface area contributed by atoms with Crippen LogP contribution in [0.25, 0.3) is 0 Å². The Hall–Kier alpha value is -1.81. The number of thiophene rings is 1. The van der Waals surface area contributed by atoms with Gasteiger partial charge in [0.1, 0.15) is 0 Å². The first-order valence-electron chi connectivity index (χ1n) is 7.15. The maximum atomic E-state index is 12.5. The second-order valence-electron chi connectivity index (χ2n) is 5.65. The van der Waals surface area contributed by atoms with E-state index in [9.17, 15) is 4.79 Å². The Kier molecular flexibility index (Phi) is 4.68. The molecule has 2 rings (SSSR count). The number of aryl methyl sites for hydroxylation is 1. The van der Waals surface area contributed by atoms with Crippen molar-refractivity contribution in [1.82, 2.24) is 5.32 Å². The van der Waals surface area contributed by atoms with Gasteiger partial charge in [0.25, 0.3) is 0 Å². The van der Waals surface area contributed by atoms with Crippen molar-refractivity contribution in [1.29, 1.82) is 0 Å². The highest BCUT2D eigenvalue weighted by atomic mass is 32.1. The molecule has 1 amide bonds. The van der Waals surface area contributed by atoms with Gasteiger partial charge in [0, 0.05) is 15.4 Å². The van der Waals surface area contributed by atoms with E-state index in [1.807, 2.05) is 38.1 Å². The minimum atomic E-state index is -0.571. The normalized spacial score (nSPS) is 11.4. The zero-order valence-corrected chi connectivity index (χ0v) is 13.6. The molecule has 3 nitrogen and oxygen atoms in total. The van der Waals surface area contributed by atoms with Gasteiger partial charge >= 0.3 is 0 Å². The summed E-state index contributed by atoms with van der Waals surface area (Å²) in [4.78, 5) is 15.0. The molecule has 0 saturated carbocycles. The molecular formula is C17H22N2OS. The number of nitrogen functional groups attached to an aromatic ring is 1. The monoisotopic (exact) mass is 302 g/mol. The highest BCUT2D eigenvalue weighted by Gasteiger charge is 2.29. The Labute approximate surface area is 130 Å². The first-order valence-corrected chi connectivity index (χ1v) is 7.97. The van der Waals surface area contributed by atoms with Crippen LogP contribution < -0.4 is 11.1 Å². The Bertz CT molecular complexity index is 614. The van der Waals surface area contributed by atoms with Crippen LogP contribution in [-0.2, 0) is 23.2 Å². The van der Waals surface area contributed by atoms with E-state index in [-0.39, 0.29) is 5.91 Å². The number of amides is 1. The van der Waals surface area contributed by atoms with E-state index in [4.69, 9.17) is 5.73 Å². The molecule has 112 valence electrons. The third kappa shape index (κ3) is 3.64. The molecule has 0 aliphatic rings. The van der Waals surface area contributed by atoms with Crippen LogP contribution in [-0.4, -0.2) is 5.91 Å². The first kappa shape index (κ1) is 15.6. The number of anilines is 1. The van der Waals surface area contributed by atoms with E-state index in [2.05, 4.69) is 24.4 Å². The summed E-state index contributed by atoms with van der Waals surface area (Å²) in [5.74, 6) is 0.0266. The summed E-state index contributed by atoms with van der Waals surface area (Å²) in [6, 6.07) is 11.7. The van der Waals surface area contributed by atoms with Crippen molar-refractivity contribution in [3.8, 4) is 0 Å². The number of hydrogen-bond donors (Lipinski definition) is 2. The van der Waals surface area contributed by atoms with Crippen LogP contribution in [0.3, 0.4) is 0 Å². The molecule has 21 heavy (non-hydrogen) atoms. The van der Waals surface area contributed by atoms with Crippen molar-refractivity contribution >= 4 is 22.9 Å². The summed E-state index contributed by atoms with van der Waals surface area (Å²) in [6.45, 7) is 6.58. The fraction of sp³-hybridized carbons (Fsp3) is 0.353. The smallest absolute Gasteiger partial charge is 0.230 e. The fourth-order valence-corrected chi connectivity index (χ4v) is 3.02. The van der Waals surface area contributed by atoms with E-state index in [1.54, 1.807) is 11.3 Å². The first-order chi connectivity index (χ1) is 9.93. The Morgan fingerprint density at radius 3 is 2.33 bits per heavy atom. The molecule has 0 aliphatic heterocycles.